The Bertz CT molecular complexity index is 3860. The maximum atomic E-state index is 12.7. The Morgan fingerprint density at radius 1 is 0.523 bits per heavy atom. The van der Waals surface area contributed by atoms with E-state index < -0.39 is 24.0 Å². The zero-order valence-corrected chi connectivity index (χ0v) is 49.4. The van der Waals surface area contributed by atoms with E-state index in [0.717, 1.165) is 88.6 Å². The molecule has 438 valence electrons. The zero-order valence-electron chi connectivity index (χ0n) is 47.9. The smallest absolute Gasteiger partial charge is 0.321 e. The molecule has 0 fully saturated rings. The number of aromatic nitrogens is 4. The fourth-order valence-corrected chi connectivity index (χ4v) is 10.9. The number of fused-ring (bicyclic) bond motifs is 2. The number of pyridine rings is 2. The van der Waals surface area contributed by atoms with Crippen LogP contribution in [-0.4, -0.2) is 80.7 Å². The third-order valence-electron chi connectivity index (χ3n) is 15.0. The number of ether oxygens (including phenoxy) is 4. The topological polar surface area (TPSA) is 218 Å². The second kappa shape index (κ2) is 28.0. The van der Waals surface area contributed by atoms with Crippen LogP contribution >= 0.6 is 23.2 Å². The van der Waals surface area contributed by atoms with Crippen LogP contribution < -0.4 is 29.6 Å². The van der Waals surface area contributed by atoms with Crippen molar-refractivity contribution in [1.29, 1.82) is 0 Å². The number of carboxylic acid groups (broad SMARTS) is 2. The molecule has 0 radical (unpaired) electrons. The van der Waals surface area contributed by atoms with E-state index in [-0.39, 0.29) is 52.4 Å². The molecule has 0 spiro atoms. The summed E-state index contributed by atoms with van der Waals surface area (Å²) in [5.74, 6) is -0.275. The fourth-order valence-electron chi connectivity index (χ4n) is 10.4. The van der Waals surface area contributed by atoms with Crippen molar-refractivity contribution in [2.24, 2.45) is 9.98 Å². The second-order valence-electron chi connectivity index (χ2n) is 20.8. The first-order chi connectivity index (χ1) is 41.8. The van der Waals surface area contributed by atoms with Gasteiger partial charge in [0.05, 0.1) is 10.0 Å². The van der Waals surface area contributed by atoms with Crippen molar-refractivity contribution in [2.45, 2.75) is 78.3 Å². The maximum Gasteiger partial charge on any atom is 0.321 e. The fraction of sp³-hybridized carbons (Fsp3) is 0.206. The van der Waals surface area contributed by atoms with Gasteiger partial charge in [0, 0.05) is 157 Å². The molecule has 4 heterocycles. The largest absolute Gasteiger partial charge is 0.488 e. The van der Waals surface area contributed by atoms with Crippen molar-refractivity contribution in [1.82, 2.24) is 30.6 Å². The average Bonchev–Trinajstić information content (AvgIpc) is 2.63. The number of rotatable bonds is 27. The van der Waals surface area contributed by atoms with Gasteiger partial charge in [-0.05, 0) is 94.8 Å². The zero-order chi connectivity index (χ0) is 60.1. The Balaban J connectivity index is 0.857. The number of nitrogens with one attached hydrogen (secondary N) is 4. The van der Waals surface area contributed by atoms with Gasteiger partial charge in [-0.3, -0.25) is 40.2 Å². The minimum atomic E-state index is -0.988. The number of hydrogen-bond donors (Lipinski definition) is 6. The van der Waals surface area contributed by atoms with Gasteiger partial charge in [0.15, 0.2) is 0 Å². The Morgan fingerprint density at radius 2 is 0.942 bits per heavy atom. The minimum Gasteiger partial charge on any atom is -0.488 e. The molecule has 0 amide bonds. The highest BCUT2D eigenvalue weighted by Gasteiger charge is 2.24. The maximum absolute atomic E-state index is 12.7. The van der Waals surface area contributed by atoms with E-state index in [1.807, 2.05) is 97.3 Å². The summed E-state index contributed by atoms with van der Waals surface area (Å²) in [6, 6.07) is 36.8. The third-order valence-corrected chi connectivity index (χ3v) is 15.6. The van der Waals surface area contributed by atoms with Crippen LogP contribution in [0.5, 0.6) is 23.0 Å². The SMILES string of the molecule is C/N=C/c1cncc(COc2cc(OCc3cccc(-c4cccc(COc5cc(OCc6cncc(/C=N/C)c6)c(CNC(Cc6c[nH]c7ccccc67)C(=O)O)cc5Cl)c4C)c3C)c(Cl)cc2CNC(Cc2c[nH]c3ccccc23)C(=O)O)c1. The van der Waals surface area contributed by atoms with Gasteiger partial charge in [-0.25, -0.2) is 0 Å². The third kappa shape index (κ3) is 14.6. The predicted molar refractivity (Wildman–Crippen MR) is 338 cm³/mol. The molecule has 2 unspecified atom stereocenters. The van der Waals surface area contributed by atoms with Crippen LogP contribution in [0.4, 0.5) is 0 Å². The molecule has 18 heteroatoms. The van der Waals surface area contributed by atoms with Crippen LogP contribution in [0.1, 0.15) is 66.8 Å². The van der Waals surface area contributed by atoms with Gasteiger partial charge in [0.2, 0.25) is 0 Å². The summed E-state index contributed by atoms with van der Waals surface area (Å²) < 4.78 is 26.0. The Kier molecular flexibility index (Phi) is 19.5. The van der Waals surface area contributed by atoms with Gasteiger partial charge >= 0.3 is 11.9 Å². The van der Waals surface area contributed by atoms with E-state index in [1.165, 1.54) is 0 Å². The van der Waals surface area contributed by atoms with Crippen LogP contribution in [0.3, 0.4) is 0 Å². The van der Waals surface area contributed by atoms with E-state index >= 15 is 0 Å². The first-order valence-corrected chi connectivity index (χ1v) is 28.7. The molecule has 10 aromatic rings. The highest BCUT2D eigenvalue weighted by atomic mass is 35.5. The van der Waals surface area contributed by atoms with E-state index in [1.54, 1.807) is 75.6 Å². The number of carbonyl (C=O) groups is 2. The number of aliphatic carboxylic acids is 2. The Hall–Kier alpha value is -9.32. The number of aliphatic imine (C=N–C) groups is 2. The lowest BCUT2D eigenvalue weighted by atomic mass is 9.92. The monoisotopic (exact) mass is 1190 g/mol. The quantitative estimate of drug-likeness (QED) is 0.0265. The van der Waals surface area contributed by atoms with Gasteiger partial charge in [0.1, 0.15) is 61.5 Å². The highest BCUT2D eigenvalue weighted by Crippen LogP contribution is 2.38. The van der Waals surface area contributed by atoms with Gasteiger partial charge < -0.3 is 39.1 Å². The number of halogens is 2. The standard InChI is InChI=1S/C68H64Cl2N8O8/c1-41-47(39-85-65-25-63(83-37-45-19-43(27-71-3)29-73-31-45)51(21-57(65)69)35-77-61(67(79)80)23-49-33-75-59-17-7-5-13-55(49)59)11-9-15-53(41)54-16-10-12-48(42(54)2)40-86-66-26-64(84-38-46-20-44(28-72-4)30-74-32-46)52(22-58(66)70)36-78-62(68(81)82)24-50-34-76-60-18-8-6-14-56(50)60/h5-22,25-34,61-62,75-78H,23-24,35-40H2,1-4H3,(H,79,80)(H,81,82)/b71-27+,72-28+. The molecular formula is C68H64Cl2N8O8. The molecule has 0 saturated heterocycles. The van der Waals surface area contributed by atoms with Crippen molar-refractivity contribution < 1.29 is 38.7 Å². The molecule has 10 rings (SSSR count). The van der Waals surface area contributed by atoms with E-state index in [0.29, 0.717) is 44.2 Å². The molecule has 2 atom stereocenters. The summed E-state index contributed by atoms with van der Waals surface area (Å²) >= 11 is 14.0. The van der Waals surface area contributed by atoms with Crippen molar-refractivity contribution in [2.75, 3.05) is 14.1 Å². The average molecular weight is 1190 g/mol. The molecule has 16 nitrogen and oxygen atoms in total. The summed E-state index contributed by atoms with van der Waals surface area (Å²) in [7, 11) is 3.39. The molecule has 4 aromatic heterocycles. The Labute approximate surface area is 507 Å². The molecule has 0 aliphatic rings. The minimum absolute atomic E-state index is 0.140. The molecule has 0 aliphatic carbocycles. The number of nitrogens with zero attached hydrogens (tertiary/aromatic N) is 4. The molecule has 6 aromatic carbocycles. The molecule has 86 heavy (non-hydrogen) atoms. The number of para-hydroxylation sites is 2. The summed E-state index contributed by atoms with van der Waals surface area (Å²) in [4.78, 5) is 48.8. The van der Waals surface area contributed by atoms with Gasteiger partial charge in [0.25, 0.3) is 0 Å². The lowest BCUT2D eigenvalue weighted by Crippen LogP contribution is -2.38. The van der Waals surface area contributed by atoms with Gasteiger partial charge in [-0.1, -0.05) is 96.0 Å². The van der Waals surface area contributed by atoms with Crippen molar-refractivity contribution in [3.05, 3.63) is 235 Å². The van der Waals surface area contributed by atoms with Crippen molar-refractivity contribution in [3.8, 4) is 34.1 Å². The molecule has 6 N–H and O–H groups in total. The molecule has 0 aliphatic heterocycles. The Morgan fingerprint density at radius 3 is 1.36 bits per heavy atom. The molecule has 0 saturated carbocycles. The van der Waals surface area contributed by atoms with E-state index in [4.69, 9.17) is 42.1 Å². The van der Waals surface area contributed by atoms with Crippen molar-refractivity contribution >= 4 is 69.4 Å². The van der Waals surface area contributed by atoms with Crippen LogP contribution in [-0.2, 0) is 61.9 Å². The number of aromatic amines is 2. The number of hydrogen-bond acceptors (Lipinski definition) is 12. The van der Waals surface area contributed by atoms with Crippen LogP contribution in [0.2, 0.25) is 10.0 Å². The lowest BCUT2D eigenvalue weighted by molar-refractivity contribution is -0.140. The van der Waals surface area contributed by atoms with Crippen LogP contribution in [0.25, 0.3) is 32.9 Å². The lowest BCUT2D eigenvalue weighted by Gasteiger charge is -2.20. The molecular weight excluding hydrogens is 1130 g/mol. The highest BCUT2D eigenvalue weighted by molar-refractivity contribution is 6.32. The number of H-pyrrole nitrogens is 2. The first-order valence-electron chi connectivity index (χ1n) is 27.9. The van der Waals surface area contributed by atoms with E-state index in [9.17, 15) is 19.8 Å². The van der Waals surface area contributed by atoms with E-state index in [2.05, 4.69) is 66.5 Å². The predicted octanol–water partition coefficient (Wildman–Crippen LogP) is 13.0. The summed E-state index contributed by atoms with van der Waals surface area (Å²) in [5.41, 5.74) is 14.1. The second-order valence-corrected chi connectivity index (χ2v) is 21.6. The van der Waals surface area contributed by atoms with Crippen LogP contribution in [0, 0.1) is 13.8 Å². The van der Waals surface area contributed by atoms with Gasteiger partial charge in [-0.15, -0.1) is 0 Å². The van der Waals surface area contributed by atoms with Crippen LogP contribution in [0.15, 0.2) is 168 Å². The summed E-state index contributed by atoms with van der Waals surface area (Å²) in [5, 5.41) is 29.8. The number of benzene rings is 6. The number of carboxylic acids is 2. The summed E-state index contributed by atoms with van der Waals surface area (Å²) in [6.07, 6.45) is 14.5. The first kappa shape index (κ1) is 59.8. The van der Waals surface area contributed by atoms with Gasteiger partial charge in [-0.2, -0.15) is 0 Å². The van der Waals surface area contributed by atoms with Crippen molar-refractivity contribution in [3.63, 3.8) is 0 Å². The summed E-state index contributed by atoms with van der Waals surface area (Å²) in [6.45, 7) is 5.08. The molecule has 0 bridgehead atoms. The normalized spacial score (nSPS) is 12.3.